The molecule has 2 N–H and O–H groups in total. The second-order valence-corrected chi connectivity index (χ2v) is 8.74. The number of aliphatic carboxylic acids is 1. The molecule has 0 spiro atoms. The number of hydrogen-bond donors (Lipinski definition) is 2. The van der Waals surface area contributed by atoms with Crippen LogP contribution in [0.15, 0.2) is 23.1 Å². The van der Waals surface area contributed by atoms with Crippen molar-refractivity contribution >= 4 is 75.4 Å². The molecule has 1 heterocycles. The van der Waals surface area contributed by atoms with E-state index in [1.165, 1.54) is 4.90 Å². The first-order chi connectivity index (χ1) is 13.8. The standard InChI is InChI=1S/C19H20Cl2N2O4S2/c20-13-6-4-5-12(17(13)21)11-14-18(27)23(19(28)29-14)10-8-15(24)22-9-3-1-2-7-16(25)26/h4-6,11H,1-3,7-10H2,(H,22,24)(H,25,26)/b14-11-. The molecule has 0 unspecified atom stereocenters. The van der Waals surface area contributed by atoms with E-state index in [-0.39, 0.29) is 31.2 Å². The minimum Gasteiger partial charge on any atom is -0.481 e. The maximum Gasteiger partial charge on any atom is 0.303 e. The highest BCUT2D eigenvalue weighted by Crippen LogP contribution is 2.35. The minimum absolute atomic E-state index is 0.132. The first-order valence-corrected chi connectivity index (χ1v) is 11.0. The van der Waals surface area contributed by atoms with E-state index in [1.54, 1.807) is 24.3 Å². The zero-order valence-electron chi connectivity index (χ0n) is 15.5. The van der Waals surface area contributed by atoms with Crippen molar-refractivity contribution in [3.63, 3.8) is 0 Å². The Labute approximate surface area is 188 Å². The number of carbonyl (C=O) groups is 3. The fourth-order valence-corrected chi connectivity index (χ4v) is 4.24. The van der Waals surface area contributed by atoms with E-state index >= 15 is 0 Å². The Bertz CT molecular complexity index is 845. The summed E-state index contributed by atoms with van der Waals surface area (Å²) in [6, 6.07) is 5.16. The van der Waals surface area contributed by atoms with Gasteiger partial charge in [-0.1, -0.05) is 65.7 Å². The Kier molecular flexibility index (Phi) is 9.42. The fourth-order valence-electron chi connectivity index (χ4n) is 2.57. The number of halogens is 2. The van der Waals surface area contributed by atoms with Crippen LogP contribution in [0.2, 0.25) is 10.0 Å². The summed E-state index contributed by atoms with van der Waals surface area (Å²) in [5.74, 6) is -1.26. The number of nitrogens with one attached hydrogen (secondary N) is 1. The summed E-state index contributed by atoms with van der Waals surface area (Å²) in [6.07, 6.45) is 3.94. The van der Waals surface area contributed by atoms with Gasteiger partial charge in [0.1, 0.15) is 4.32 Å². The predicted molar refractivity (Wildman–Crippen MR) is 120 cm³/mol. The van der Waals surface area contributed by atoms with Gasteiger partial charge in [-0.3, -0.25) is 19.3 Å². The van der Waals surface area contributed by atoms with Gasteiger partial charge in [-0.25, -0.2) is 0 Å². The average molecular weight is 475 g/mol. The maximum absolute atomic E-state index is 12.6. The Morgan fingerprint density at radius 2 is 1.97 bits per heavy atom. The number of carbonyl (C=O) groups excluding carboxylic acids is 2. The van der Waals surface area contributed by atoms with Gasteiger partial charge in [-0.15, -0.1) is 0 Å². The van der Waals surface area contributed by atoms with E-state index < -0.39 is 5.97 Å². The van der Waals surface area contributed by atoms with Gasteiger partial charge in [0.2, 0.25) is 5.91 Å². The molecule has 0 radical (unpaired) electrons. The van der Waals surface area contributed by atoms with Crippen molar-refractivity contribution in [3.05, 3.63) is 38.7 Å². The molecule has 1 aliphatic heterocycles. The minimum atomic E-state index is -0.816. The molecule has 6 nitrogen and oxygen atoms in total. The number of carboxylic acids is 1. The van der Waals surface area contributed by atoms with Gasteiger partial charge in [0.05, 0.1) is 15.0 Å². The highest BCUT2D eigenvalue weighted by atomic mass is 35.5. The number of amides is 2. The lowest BCUT2D eigenvalue weighted by Crippen LogP contribution is -2.33. The Morgan fingerprint density at radius 1 is 1.21 bits per heavy atom. The zero-order valence-corrected chi connectivity index (χ0v) is 18.6. The Morgan fingerprint density at radius 3 is 2.69 bits per heavy atom. The first-order valence-electron chi connectivity index (χ1n) is 8.97. The average Bonchev–Trinajstić information content (AvgIpc) is 2.93. The van der Waals surface area contributed by atoms with Crippen LogP contribution >= 0.6 is 47.2 Å². The number of thiocarbonyl (C=S) groups is 1. The molecular weight excluding hydrogens is 455 g/mol. The number of rotatable bonds is 10. The molecule has 0 aliphatic carbocycles. The number of thioether (sulfide) groups is 1. The normalized spacial score (nSPS) is 15.2. The lowest BCUT2D eigenvalue weighted by molar-refractivity contribution is -0.137. The van der Waals surface area contributed by atoms with Crippen molar-refractivity contribution in [2.75, 3.05) is 13.1 Å². The number of nitrogens with zero attached hydrogens (tertiary/aromatic N) is 1. The van der Waals surface area contributed by atoms with Crippen molar-refractivity contribution in [3.8, 4) is 0 Å². The summed E-state index contributed by atoms with van der Waals surface area (Å²) >= 11 is 18.6. The molecule has 0 aromatic heterocycles. The van der Waals surface area contributed by atoms with Gasteiger partial charge >= 0.3 is 5.97 Å². The Balaban J connectivity index is 1.81. The van der Waals surface area contributed by atoms with Gasteiger partial charge in [0.25, 0.3) is 5.91 Å². The number of unbranched alkanes of at least 4 members (excludes halogenated alkanes) is 2. The van der Waals surface area contributed by atoms with Crippen LogP contribution in [0.25, 0.3) is 6.08 Å². The van der Waals surface area contributed by atoms with Gasteiger partial charge in [-0.2, -0.15) is 0 Å². The van der Waals surface area contributed by atoms with E-state index in [9.17, 15) is 14.4 Å². The molecule has 2 amide bonds. The third-order valence-electron chi connectivity index (χ3n) is 4.09. The van der Waals surface area contributed by atoms with Crippen molar-refractivity contribution < 1.29 is 19.5 Å². The molecule has 1 fully saturated rings. The highest BCUT2D eigenvalue weighted by Gasteiger charge is 2.32. The molecule has 1 saturated heterocycles. The number of hydrogen-bond acceptors (Lipinski definition) is 5. The molecule has 10 heteroatoms. The fraction of sp³-hybridized carbons (Fsp3) is 0.368. The quantitative estimate of drug-likeness (QED) is 0.297. The molecule has 1 aromatic carbocycles. The molecule has 156 valence electrons. The largest absolute Gasteiger partial charge is 0.481 e. The maximum atomic E-state index is 12.6. The van der Waals surface area contributed by atoms with Crippen LogP contribution in [0.3, 0.4) is 0 Å². The van der Waals surface area contributed by atoms with Gasteiger partial charge in [0, 0.05) is 25.9 Å². The third-order valence-corrected chi connectivity index (χ3v) is 6.31. The lowest BCUT2D eigenvalue weighted by atomic mass is 10.2. The molecule has 1 aliphatic rings. The van der Waals surface area contributed by atoms with Crippen LogP contribution < -0.4 is 5.32 Å². The predicted octanol–water partition coefficient (Wildman–Crippen LogP) is 4.35. The van der Waals surface area contributed by atoms with Crippen LogP contribution in [0, 0.1) is 0 Å². The van der Waals surface area contributed by atoms with E-state index in [0.29, 0.717) is 44.2 Å². The van der Waals surface area contributed by atoms with Crippen LogP contribution in [0.1, 0.15) is 37.7 Å². The molecule has 2 rings (SSSR count). The second kappa shape index (κ2) is 11.5. The first kappa shape index (κ1) is 23.7. The molecule has 29 heavy (non-hydrogen) atoms. The topological polar surface area (TPSA) is 86.7 Å². The van der Waals surface area contributed by atoms with Crippen LogP contribution in [0.5, 0.6) is 0 Å². The van der Waals surface area contributed by atoms with Crippen LogP contribution in [-0.4, -0.2) is 45.2 Å². The second-order valence-electron chi connectivity index (χ2n) is 6.28. The van der Waals surface area contributed by atoms with E-state index in [4.69, 9.17) is 40.5 Å². The third kappa shape index (κ3) is 7.29. The monoisotopic (exact) mass is 474 g/mol. The van der Waals surface area contributed by atoms with E-state index in [1.807, 2.05) is 0 Å². The summed E-state index contributed by atoms with van der Waals surface area (Å²) in [4.78, 5) is 36.8. The number of carboxylic acid groups (broad SMARTS) is 1. The summed E-state index contributed by atoms with van der Waals surface area (Å²) < 4.78 is 0.390. The Hall–Kier alpha value is -1.61. The SMILES string of the molecule is O=C(O)CCCCCNC(=O)CCN1C(=O)/C(=C/c2cccc(Cl)c2Cl)SC1=S. The number of benzene rings is 1. The van der Waals surface area contributed by atoms with Gasteiger partial charge in [0.15, 0.2) is 0 Å². The van der Waals surface area contributed by atoms with Crippen molar-refractivity contribution in [2.45, 2.75) is 32.1 Å². The summed E-state index contributed by atoms with van der Waals surface area (Å²) in [5, 5.41) is 12.1. The summed E-state index contributed by atoms with van der Waals surface area (Å²) in [7, 11) is 0. The van der Waals surface area contributed by atoms with E-state index in [2.05, 4.69) is 5.32 Å². The van der Waals surface area contributed by atoms with E-state index in [0.717, 1.165) is 18.2 Å². The highest BCUT2D eigenvalue weighted by molar-refractivity contribution is 8.26. The van der Waals surface area contributed by atoms with Crippen LogP contribution in [-0.2, 0) is 14.4 Å². The summed E-state index contributed by atoms with van der Waals surface area (Å²) in [5.41, 5.74) is 0.625. The summed E-state index contributed by atoms with van der Waals surface area (Å²) in [6.45, 7) is 0.667. The molecule has 0 bridgehead atoms. The lowest BCUT2D eigenvalue weighted by Gasteiger charge is -2.14. The molecule has 0 saturated carbocycles. The van der Waals surface area contributed by atoms with Gasteiger partial charge in [-0.05, 0) is 30.5 Å². The molecule has 0 atom stereocenters. The van der Waals surface area contributed by atoms with Crippen LogP contribution in [0.4, 0.5) is 0 Å². The van der Waals surface area contributed by atoms with Crippen molar-refractivity contribution in [1.29, 1.82) is 0 Å². The molecular formula is C19H20Cl2N2O4S2. The van der Waals surface area contributed by atoms with Crippen molar-refractivity contribution in [1.82, 2.24) is 10.2 Å². The van der Waals surface area contributed by atoms with Gasteiger partial charge < -0.3 is 10.4 Å². The molecule has 1 aromatic rings. The van der Waals surface area contributed by atoms with Crippen molar-refractivity contribution in [2.24, 2.45) is 0 Å². The zero-order chi connectivity index (χ0) is 21.4. The smallest absolute Gasteiger partial charge is 0.303 e.